The summed E-state index contributed by atoms with van der Waals surface area (Å²) in [5, 5.41) is 16.3. The van der Waals surface area contributed by atoms with Crippen LogP contribution in [-0.4, -0.2) is 60.2 Å². The van der Waals surface area contributed by atoms with Crippen LogP contribution < -0.4 is 10.0 Å². The van der Waals surface area contributed by atoms with Gasteiger partial charge in [0.2, 0.25) is 0 Å². The van der Waals surface area contributed by atoms with Gasteiger partial charge in [-0.2, -0.15) is 0 Å². The maximum absolute atomic E-state index is 9.04. The molecule has 4 rings (SSSR count). The topological polar surface area (TPSA) is 85.1 Å². The number of likely N-dealkylation sites (tertiary alicyclic amines) is 2. The van der Waals surface area contributed by atoms with Crippen molar-refractivity contribution >= 4 is 11.9 Å². The summed E-state index contributed by atoms with van der Waals surface area (Å²) in [6, 6.07) is 13.1. The molecule has 0 bridgehead atoms. The average Bonchev–Trinajstić information content (AvgIpc) is 3.10. The summed E-state index contributed by atoms with van der Waals surface area (Å²) >= 11 is 0. The van der Waals surface area contributed by atoms with Gasteiger partial charge < -0.3 is 19.9 Å². The van der Waals surface area contributed by atoms with Crippen LogP contribution in [0.1, 0.15) is 75.7 Å². The third kappa shape index (κ3) is 7.32. The summed E-state index contributed by atoms with van der Waals surface area (Å²) in [5.74, 6) is -3.19. The van der Waals surface area contributed by atoms with Crippen LogP contribution in [0.3, 0.4) is 0 Å². The van der Waals surface area contributed by atoms with Crippen LogP contribution in [0.4, 0.5) is 0 Å². The van der Waals surface area contributed by atoms with E-state index in [1.807, 2.05) is 4.90 Å². The minimum Gasteiger partial charge on any atom is -0.539 e. The lowest BCUT2D eigenvalue weighted by Crippen LogP contribution is -3.16. The summed E-state index contributed by atoms with van der Waals surface area (Å²) in [5.41, 5.74) is 1.57. The maximum Gasteiger partial charge on any atom is 0.351 e. The third-order valence-electron chi connectivity index (χ3n) is 7.51. The number of carboxylic acid groups (broad SMARTS) is 2. The minimum atomic E-state index is -2.07. The first-order valence-electron chi connectivity index (χ1n) is 12.1. The minimum absolute atomic E-state index is 0.816. The van der Waals surface area contributed by atoms with Gasteiger partial charge in [0, 0.05) is 32.0 Å². The zero-order valence-electron chi connectivity index (χ0n) is 18.6. The van der Waals surface area contributed by atoms with E-state index < -0.39 is 11.9 Å². The summed E-state index contributed by atoms with van der Waals surface area (Å²) < 4.78 is 0. The zero-order chi connectivity index (χ0) is 22.1. The van der Waals surface area contributed by atoms with Crippen LogP contribution in [0.2, 0.25) is 0 Å². The molecule has 172 valence electrons. The molecule has 0 atom stereocenters. The molecule has 2 saturated heterocycles. The lowest BCUT2D eigenvalue weighted by Gasteiger charge is -2.42. The monoisotopic (exact) mass is 430 g/mol. The van der Waals surface area contributed by atoms with Crippen LogP contribution in [0.15, 0.2) is 30.3 Å². The number of hydrogen-bond acceptors (Lipinski definition) is 4. The number of carbonyl (C=O) groups excluding carboxylic acids is 1. The Kier molecular flexibility index (Phi) is 9.34. The van der Waals surface area contributed by atoms with Crippen LogP contribution in [-0.2, 0) is 9.59 Å². The molecule has 1 saturated carbocycles. The fourth-order valence-electron chi connectivity index (χ4n) is 5.76. The molecule has 31 heavy (non-hydrogen) atoms. The maximum atomic E-state index is 9.04. The molecule has 1 aromatic rings. The number of aliphatic carboxylic acids is 2. The van der Waals surface area contributed by atoms with Crippen LogP contribution in [0.5, 0.6) is 0 Å². The van der Waals surface area contributed by atoms with Crippen molar-refractivity contribution in [2.75, 3.05) is 26.2 Å². The molecular weight excluding hydrogens is 392 g/mol. The second kappa shape index (κ2) is 12.2. The highest BCUT2D eigenvalue weighted by atomic mass is 16.4. The molecule has 6 heteroatoms. The van der Waals surface area contributed by atoms with Crippen molar-refractivity contribution in [1.82, 2.24) is 4.90 Å². The molecule has 3 aliphatic rings. The molecule has 2 aliphatic heterocycles. The Hall–Kier alpha value is -1.92. The zero-order valence-corrected chi connectivity index (χ0v) is 18.6. The Balaban J connectivity index is 0.000000401. The molecule has 0 radical (unpaired) electrons. The number of piperidine rings is 1. The third-order valence-corrected chi connectivity index (χ3v) is 7.51. The van der Waals surface area contributed by atoms with Gasteiger partial charge in [0.1, 0.15) is 0 Å². The Bertz CT molecular complexity index is 660. The van der Waals surface area contributed by atoms with Crippen LogP contribution in [0, 0.1) is 0 Å². The molecule has 1 aliphatic carbocycles. The fourth-order valence-corrected chi connectivity index (χ4v) is 5.76. The fraction of sp³-hybridized carbons (Fsp3) is 0.680. The molecule has 0 aromatic heterocycles. The number of carboxylic acids is 2. The van der Waals surface area contributed by atoms with Crippen molar-refractivity contribution in [2.24, 2.45) is 0 Å². The molecule has 2 heterocycles. The van der Waals surface area contributed by atoms with Gasteiger partial charge in [0.05, 0.1) is 19.1 Å². The van der Waals surface area contributed by atoms with Crippen molar-refractivity contribution in [2.45, 2.75) is 82.2 Å². The average molecular weight is 431 g/mol. The van der Waals surface area contributed by atoms with Gasteiger partial charge in [-0.3, -0.25) is 4.90 Å². The highest BCUT2D eigenvalue weighted by Gasteiger charge is 2.32. The van der Waals surface area contributed by atoms with E-state index in [2.05, 4.69) is 35.2 Å². The summed E-state index contributed by atoms with van der Waals surface area (Å²) in [4.78, 5) is 22.8. The molecule has 3 fully saturated rings. The van der Waals surface area contributed by atoms with Gasteiger partial charge in [-0.05, 0) is 62.8 Å². The van der Waals surface area contributed by atoms with Crippen molar-refractivity contribution in [3.63, 3.8) is 0 Å². The van der Waals surface area contributed by atoms with Crippen molar-refractivity contribution < 1.29 is 24.7 Å². The normalized spacial score (nSPS) is 26.3. The smallest absolute Gasteiger partial charge is 0.351 e. The van der Waals surface area contributed by atoms with Gasteiger partial charge in [0.25, 0.3) is 0 Å². The summed E-state index contributed by atoms with van der Waals surface area (Å²) in [7, 11) is 0. The number of hydrogen-bond donors (Lipinski definition) is 2. The standard InChI is InChI=1S/C23H36N2.C2H2O4/c1-2-7-17-24(16-6-1)23-14-18-25(19-15-23)22-12-10-21(11-13-22)20-8-4-3-5-9-20;3-1(4)2(5)6/h3-5,8-9,21-23H,1-2,6-7,10-19H2;(H,3,4)(H,5,6). The van der Waals surface area contributed by atoms with E-state index in [0.717, 1.165) is 18.0 Å². The highest BCUT2D eigenvalue weighted by Crippen LogP contribution is 2.35. The quantitative estimate of drug-likeness (QED) is 0.709. The first-order valence-corrected chi connectivity index (χ1v) is 12.1. The summed E-state index contributed by atoms with van der Waals surface area (Å²) in [6.45, 7) is 5.64. The molecule has 2 N–H and O–H groups in total. The molecular formula is C25H38N2O4. The van der Waals surface area contributed by atoms with Crippen molar-refractivity contribution in [1.29, 1.82) is 0 Å². The van der Waals surface area contributed by atoms with E-state index in [1.54, 1.807) is 5.56 Å². The van der Waals surface area contributed by atoms with E-state index in [-0.39, 0.29) is 0 Å². The van der Waals surface area contributed by atoms with Gasteiger partial charge in [0.15, 0.2) is 5.97 Å². The first kappa shape index (κ1) is 23.7. The molecule has 6 nitrogen and oxygen atoms in total. The van der Waals surface area contributed by atoms with Crippen LogP contribution in [0.25, 0.3) is 0 Å². The lowest BCUT2D eigenvalue weighted by atomic mass is 9.81. The predicted molar refractivity (Wildman–Crippen MR) is 118 cm³/mol. The number of benzene rings is 1. The van der Waals surface area contributed by atoms with E-state index in [0.29, 0.717) is 0 Å². The number of carbonyl (C=O) groups is 2. The number of quaternary nitrogens is 1. The van der Waals surface area contributed by atoms with E-state index in [9.17, 15) is 0 Å². The Labute approximate surface area is 186 Å². The second-order valence-corrected chi connectivity index (χ2v) is 9.39. The number of rotatable bonds is 3. The van der Waals surface area contributed by atoms with Gasteiger partial charge >= 0.3 is 5.97 Å². The van der Waals surface area contributed by atoms with E-state index >= 15 is 0 Å². The van der Waals surface area contributed by atoms with Crippen molar-refractivity contribution in [3.05, 3.63) is 35.9 Å². The van der Waals surface area contributed by atoms with E-state index in [1.165, 1.54) is 90.4 Å². The largest absolute Gasteiger partial charge is 0.539 e. The van der Waals surface area contributed by atoms with Crippen molar-refractivity contribution in [3.8, 4) is 0 Å². The van der Waals surface area contributed by atoms with Crippen LogP contribution >= 0.6 is 0 Å². The van der Waals surface area contributed by atoms with Gasteiger partial charge in [-0.15, -0.1) is 0 Å². The molecule has 1 aromatic carbocycles. The molecule has 0 amide bonds. The first-order chi connectivity index (χ1) is 15.0. The Morgan fingerprint density at radius 3 is 1.94 bits per heavy atom. The molecule has 0 spiro atoms. The highest BCUT2D eigenvalue weighted by molar-refractivity contribution is 6.26. The Morgan fingerprint density at radius 2 is 1.42 bits per heavy atom. The predicted octanol–water partition coefficient (Wildman–Crippen LogP) is 1.46. The number of nitrogens with zero attached hydrogens (tertiary/aromatic N) is 1. The second-order valence-electron chi connectivity index (χ2n) is 9.39. The van der Waals surface area contributed by atoms with Gasteiger partial charge in [-0.25, -0.2) is 4.79 Å². The summed E-state index contributed by atoms with van der Waals surface area (Å²) in [6.07, 6.45) is 14.4. The molecule has 0 unspecified atom stereocenters. The Morgan fingerprint density at radius 1 is 0.871 bits per heavy atom. The van der Waals surface area contributed by atoms with Gasteiger partial charge in [-0.1, -0.05) is 30.3 Å². The number of nitrogens with one attached hydrogen (secondary N) is 1. The SMILES string of the molecule is O=C([O-])C(=O)O.c1ccc(C2CCC(N3CCC([NH+]4CCCCCC4)CC3)CC2)cc1. The lowest BCUT2D eigenvalue weighted by molar-refractivity contribution is -0.926. The van der Waals surface area contributed by atoms with E-state index in [4.69, 9.17) is 19.8 Å².